The van der Waals surface area contributed by atoms with Crippen molar-refractivity contribution in [3.05, 3.63) is 89.0 Å². The lowest BCUT2D eigenvalue weighted by atomic mass is 9.91. The average molecular weight is 399 g/mol. The van der Waals surface area contributed by atoms with Gasteiger partial charge in [0.25, 0.3) is 11.8 Å². The Morgan fingerprint density at radius 3 is 2.33 bits per heavy atom. The van der Waals surface area contributed by atoms with Crippen LogP contribution in [0, 0.1) is 6.92 Å². The van der Waals surface area contributed by atoms with Crippen molar-refractivity contribution in [3.63, 3.8) is 0 Å². The molecule has 4 rings (SSSR count). The molecule has 30 heavy (non-hydrogen) atoms. The van der Waals surface area contributed by atoms with E-state index in [9.17, 15) is 14.7 Å². The topological polar surface area (TPSA) is 66.8 Å². The SMILES string of the molecule is CCOc1cccc(/C=C2\C(=O)N(c3ccccc3C)C(=O)c3ccccc32)c1O. The van der Waals surface area contributed by atoms with E-state index in [1.165, 1.54) is 4.90 Å². The second-order valence-corrected chi connectivity index (χ2v) is 6.96. The number of anilines is 1. The molecule has 150 valence electrons. The number of carbonyl (C=O) groups is 2. The highest BCUT2D eigenvalue weighted by molar-refractivity contribution is 6.43. The van der Waals surface area contributed by atoms with Crippen LogP contribution in [0.5, 0.6) is 11.5 Å². The van der Waals surface area contributed by atoms with Gasteiger partial charge in [-0.15, -0.1) is 0 Å². The predicted molar refractivity (Wildman–Crippen MR) is 117 cm³/mol. The van der Waals surface area contributed by atoms with E-state index in [4.69, 9.17) is 4.74 Å². The molecule has 3 aromatic rings. The molecular formula is C25H21NO4. The molecule has 0 aromatic heterocycles. The average Bonchev–Trinajstić information content (AvgIpc) is 2.75. The molecule has 0 unspecified atom stereocenters. The number of aromatic hydroxyl groups is 1. The van der Waals surface area contributed by atoms with Gasteiger partial charge >= 0.3 is 0 Å². The highest BCUT2D eigenvalue weighted by Crippen LogP contribution is 2.37. The third kappa shape index (κ3) is 3.24. The maximum Gasteiger partial charge on any atom is 0.265 e. The fraction of sp³-hybridized carbons (Fsp3) is 0.120. The number of fused-ring (bicyclic) bond motifs is 1. The summed E-state index contributed by atoms with van der Waals surface area (Å²) in [7, 11) is 0. The highest BCUT2D eigenvalue weighted by atomic mass is 16.5. The van der Waals surface area contributed by atoms with Gasteiger partial charge in [0.1, 0.15) is 0 Å². The quantitative estimate of drug-likeness (QED) is 0.504. The van der Waals surface area contributed by atoms with Crippen LogP contribution >= 0.6 is 0 Å². The first-order chi connectivity index (χ1) is 14.5. The molecule has 5 nitrogen and oxygen atoms in total. The number of carbonyl (C=O) groups excluding carboxylic acids is 2. The van der Waals surface area contributed by atoms with E-state index in [-0.39, 0.29) is 11.7 Å². The van der Waals surface area contributed by atoms with E-state index >= 15 is 0 Å². The van der Waals surface area contributed by atoms with Crippen molar-refractivity contribution < 1.29 is 19.4 Å². The maximum atomic E-state index is 13.5. The normalized spacial score (nSPS) is 14.7. The van der Waals surface area contributed by atoms with Crippen LogP contribution in [0.2, 0.25) is 0 Å². The smallest absolute Gasteiger partial charge is 0.265 e. The van der Waals surface area contributed by atoms with E-state index in [1.807, 2.05) is 26.0 Å². The fourth-order valence-corrected chi connectivity index (χ4v) is 3.61. The van der Waals surface area contributed by atoms with E-state index < -0.39 is 5.91 Å². The summed E-state index contributed by atoms with van der Waals surface area (Å²) in [5.41, 5.74) is 3.11. The predicted octanol–water partition coefficient (Wildman–Crippen LogP) is 4.83. The Morgan fingerprint density at radius 2 is 1.60 bits per heavy atom. The lowest BCUT2D eigenvalue weighted by Crippen LogP contribution is -2.42. The van der Waals surface area contributed by atoms with Gasteiger partial charge in [-0.2, -0.15) is 0 Å². The Labute approximate surface area is 174 Å². The zero-order chi connectivity index (χ0) is 21.3. The summed E-state index contributed by atoms with van der Waals surface area (Å²) in [6.07, 6.45) is 1.61. The third-order valence-electron chi connectivity index (χ3n) is 5.07. The summed E-state index contributed by atoms with van der Waals surface area (Å²) in [6, 6.07) is 19.4. The van der Waals surface area contributed by atoms with Gasteiger partial charge in [0.05, 0.1) is 12.3 Å². The van der Waals surface area contributed by atoms with Crippen LogP contribution in [-0.2, 0) is 4.79 Å². The van der Waals surface area contributed by atoms with Crippen molar-refractivity contribution in [2.24, 2.45) is 0 Å². The van der Waals surface area contributed by atoms with Crippen molar-refractivity contribution in [3.8, 4) is 11.5 Å². The monoisotopic (exact) mass is 399 g/mol. The van der Waals surface area contributed by atoms with Crippen molar-refractivity contribution in [1.29, 1.82) is 0 Å². The minimum absolute atomic E-state index is 0.0449. The molecule has 0 aliphatic carbocycles. The second kappa shape index (κ2) is 7.87. The summed E-state index contributed by atoms with van der Waals surface area (Å²) in [5, 5.41) is 10.6. The zero-order valence-electron chi connectivity index (χ0n) is 16.8. The van der Waals surface area contributed by atoms with Crippen LogP contribution in [0.3, 0.4) is 0 Å². The first-order valence-electron chi connectivity index (χ1n) is 9.73. The van der Waals surface area contributed by atoms with Crippen LogP contribution in [-0.4, -0.2) is 23.5 Å². The standard InChI is InChI=1S/C25H21NO4/c1-3-30-22-14-8-10-17(23(22)27)15-20-18-11-5-6-12-19(18)24(28)26(25(20)29)21-13-7-4-9-16(21)2/h4-15,27H,3H2,1-2H3/b20-15-. The molecule has 0 bridgehead atoms. The Balaban J connectivity index is 1.91. The van der Waals surface area contributed by atoms with E-state index in [1.54, 1.807) is 60.7 Å². The largest absolute Gasteiger partial charge is 0.504 e. The number of phenolic OH excluding ortho intramolecular Hbond substituents is 1. The van der Waals surface area contributed by atoms with Gasteiger partial charge in [-0.05, 0) is 49.2 Å². The van der Waals surface area contributed by atoms with Crippen LogP contribution in [0.4, 0.5) is 5.69 Å². The van der Waals surface area contributed by atoms with Crippen molar-refractivity contribution in [1.82, 2.24) is 0 Å². The second-order valence-electron chi connectivity index (χ2n) is 6.96. The van der Waals surface area contributed by atoms with Gasteiger partial charge in [0.15, 0.2) is 11.5 Å². The van der Waals surface area contributed by atoms with Crippen LogP contribution in [0.1, 0.15) is 34.0 Å². The number of amides is 2. The molecule has 3 aromatic carbocycles. The van der Waals surface area contributed by atoms with E-state index in [0.717, 1.165) is 5.56 Å². The number of para-hydroxylation sites is 2. The number of phenols is 1. The fourth-order valence-electron chi connectivity index (χ4n) is 3.61. The number of nitrogens with zero attached hydrogens (tertiary/aromatic N) is 1. The summed E-state index contributed by atoms with van der Waals surface area (Å²) < 4.78 is 5.46. The van der Waals surface area contributed by atoms with Gasteiger partial charge in [-0.3, -0.25) is 9.59 Å². The van der Waals surface area contributed by atoms with E-state index in [0.29, 0.717) is 40.3 Å². The Morgan fingerprint density at radius 1 is 0.900 bits per heavy atom. The minimum atomic E-state index is -0.436. The number of hydrogen-bond acceptors (Lipinski definition) is 4. The number of benzene rings is 3. The van der Waals surface area contributed by atoms with Gasteiger partial charge in [0.2, 0.25) is 0 Å². The molecule has 1 aliphatic rings. The molecule has 0 spiro atoms. The Kier molecular flexibility index (Phi) is 5.11. The maximum absolute atomic E-state index is 13.5. The van der Waals surface area contributed by atoms with Crippen molar-refractivity contribution >= 4 is 29.2 Å². The van der Waals surface area contributed by atoms with Crippen LogP contribution in [0.15, 0.2) is 66.7 Å². The van der Waals surface area contributed by atoms with Crippen LogP contribution in [0.25, 0.3) is 11.6 Å². The highest BCUT2D eigenvalue weighted by Gasteiger charge is 2.36. The summed E-state index contributed by atoms with van der Waals surface area (Å²) in [4.78, 5) is 27.9. The van der Waals surface area contributed by atoms with Gasteiger partial charge in [-0.25, -0.2) is 4.90 Å². The Hall–Kier alpha value is -3.86. The van der Waals surface area contributed by atoms with Gasteiger partial charge in [-0.1, -0.05) is 48.5 Å². The van der Waals surface area contributed by atoms with E-state index in [2.05, 4.69) is 0 Å². The first kappa shape index (κ1) is 19.5. The van der Waals surface area contributed by atoms with Gasteiger partial charge in [0, 0.05) is 16.7 Å². The molecule has 5 heteroatoms. The number of imide groups is 1. The summed E-state index contributed by atoms with van der Waals surface area (Å²) in [5.74, 6) is -0.504. The molecule has 1 N–H and O–H groups in total. The summed E-state index contributed by atoms with van der Waals surface area (Å²) >= 11 is 0. The number of ether oxygens (including phenoxy) is 1. The third-order valence-corrected chi connectivity index (χ3v) is 5.07. The minimum Gasteiger partial charge on any atom is -0.504 e. The molecule has 1 aliphatic heterocycles. The zero-order valence-corrected chi connectivity index (χ0v) is 16.8. The lowest BCUT2D eigenvalue weighted by Gasteiger charge is -2.29. The van der Waals surface area contributed by atoms with Crippen molar-refractivity contribution in [2.45, 2.75) is 13.8 Å². The molecule has 2 amide bonds. The molecule has 0 fully saturated rings. The van der Waals surface area contributed by atoms with Crippen LogP contribution < -0.4 is 9.64 Å². The molecule has 0 atom stereocenters. The first-order valence-corrected chi connectivity index (χ1v) is 9.73. The molecule has 0 saturated heterocycles. The number of hydrogen-bond donors (Lipinski definition) is 1. The van der Waals surface area contributed by atoms with Gasteiger partial charge < -0.3 is 9.84 Å². The summed E-state index contributed by atoms with van der Waals surface area (Å²) in [6.45, 7) is 4.10. The lowest BCUT2D eigenvalue weighted by molar-refractivity contribution is -0.112. The molecule has 0 saturated carbocycles. The number of rotatable bonds is 4. The molecule has 0 radical (unpaired) electrons. The van der Waals surface area contributed by atoms with Crippen molar-refractivity contribution in [2.75, 3.05) is 11.5 Å². The number of aryl methyl sites for hydroxylation is 1. The molecular weight excluding hydrogens is 378 g/mol. The molecule has 1 heterocycles. The Bertz CT molecular complexity index is 1180.